The number of fused-ring (bicyclic) bond motifs is 1. The van der Waals surface area contributed by atoms with Gasteiger partial charge in [0.1, 0.15) is 11.4 Å². The zero-order chi connectivity index (χ0) is 14.2. The van der Waals surface area contributed by atoms with Gasteiger partial charge in [-0.25, -0.2) is 14.8 Å². The average molecular weight is 271 g/mol. The largest absolute Gasteiger partial charge is 0.480 e. The predicted octanol–water partition coefficient (Wildman–Crippen LogP) is 2.75. The summed E-state index contributed by atoms with van der Waals surface area (Å²) < 4.78 is 0. The number of nitrogens with zero attached hydrogens (tertiary/aromatic N) is 2. The first-order valence-corrected chi connectivity index (χ1v) is 6.86. The first-order chi connectivity index (χ1) is 9.61. The molecule has 20 heavy (non-hydrogen) atoms. The molecule has 0 amide bonds. The molecule has 1 aliphatic rings. The maximum atomic E-state index is 11.6. The number of anilines is 1. The standard InChI is InChI=1S/C15H17N3O2/c1-10-13(17-12-7-3-2-6-11(12)16-10)18-15(14(19)20)8-4-5-9-15/h2-3,6-7H,4-5,8-9H2,1H3,(H,17,18)(H,19,20). The minimum Gasteiger partial charge on any atom is -0.480 e. The lowest BCUT2D eigenvalue weighted by atomic mass is 9.98. The number of benzene rings is 1. The third-order valence-electron chi connectivity index (χ3n) is 3.97. The van der Waals surface area contributed by atoms with Crippen LogP contribution in [0, 0.1) is 6.92 Å². The van der Waals surface area contributed by atoms with Crippen molar-refractivity contribution >= 4 is 22.8 Å². The summed E-state index contributed by atoms with van der Waals surface area (Å²) >= 11 is 0. The van der Waals surface area contributed by atoms with Gasteiger partial charge < -0.3 is 10.4 Å². The van der Waals surface area contributed by atoms with Crippen LogP contribution in [0.1, 0.15) is 31.4 Å². The predicted molar refractivity (Wildman–Crippen MR) is 76.7 cm³/mol. The van der Waals surface area contributed by atoms with Gasteiger partial charge in [-0.15, -0.1) is 0 Å². The van der Waals surface area contributed by atoms with Crippen molar-refractivity contribution in [1.82, 2.24) is 9.97 Å². The number of carboxylic acids is 1. The van der Waals surface area contributed by atoms with E-state index in [1.807, 2.05) is 31.2 Å². The molecule has 0 aliphatic heterocycles. The Morgan fingerprint density at radius 3 is 2.40 bits per heavy atom. The van der Waals surface area contributed by atoms with Crippen LogP contribution < -0.4 is 5.32 Å². The number of para-hydroxylation sites is 2. The summed E-state index contributed by atoms with van der Waals surface area (Å²) in [7, 11) is 0. The Hall–Kier alpha value is -2.17. The van der Waals surface area contributed by atoms with Crippen LogP contribution in [0.25, 0.3) is 11.0 Å². The summed E-state index contributed by atoms with van der Waals surface area (Å²) in [6, 6.07) is 7.61. The second-order valence-corrected chi connectivity index (χ2v) is 5.37. The van der Waals surface area contributed by atoms with Crippen molar-refractivity contribution in [3.63, 3.8) is 0 Å². The highest BCUT2D eigenvalue weighted by molar-refractivity contribution is 5.84. The number of aliphatic carboxylic acids is 1. The molecular weight excluding hydrogens is 254 g/mol. The van der Waals surface area contributed by atoms with E-state index in [2.05, 4.69) is 15.3 Å². The second kappa shape index (κ2) is 4.74. The van der Waals surface area contributed by atoms with Crippen LogP contribution in [-0.2, 0) is 4.79 Å². The molecule has 1 aromatic carbocycles. The Morgan fingerprint density at radius 2 is 1.80 bits per heavy atom. The van der Waals surface area contributed by atoms with Crippen molar-refractivity contribution in [2.45, 2.75) is 38.1 Å². The molecule has 1 saturated carbocycles. The van der Waals surface area contributed by atoms with Gasteiger partial charge in [0.05, 0.1) is 16.7 Å². The number of carbonyl (C=O) groups is 1. The van der Waals surface area contributed by atoms with Crippen LogP contribution in [0.5, 0.6) is 0 Å². The van der Waals surface area contributed by atoms with Crippen molar-refractivity contribution < 1.29 is 9.90 Å². The Bertz CT molecular complexity index is 663. The van der Waals surface area contributed by atoms with Gasteiger partial charge in [-0.3, -0.25) is 0 Å². The maximum absolute atomic E-state index is 11.6. The van der Waals surface area contributed by atoms with Crippen molar-refractivity contribution in [1.29, 1.82) is 0 Å². The molecule has 0 radical (unpaired) electrons. The molecule has 104 valence electrons. The molecule has 0 spiro atoms. The zero-order valence-electron chi connectivity index (χ0n) is 11.4. The molecule has 1 aliphatic carbocycles. The van der Waals surface area contributed by atoms with Gasteiger partial charge in [0.2, 0.25) is 0 Å². The number of aryl methyl sites for hydroxylation is 1. The summed E-state index contributed by atoms with van der Waals surface area (Å²) in [5, 5.41) is 12.7. The van der Waals surface area contributed by atoms with Crippen LogP contribution in [-0.4, -0.2) is 26.6 Å². The fourth-order valence-corrected chi connectivity index (χ4v) is 2.80. The Kier molecular flexibility index (Phi) is 3.04. The highest BCUT2D eigenvalue weighted by Gasteiger charge is 2.41. The normalized spacial score (nSPS) is 17.2. The third kappa shape index (κ3) is 2.09. The minimum atomic E-state index is -0.887. The lowest BCUT2D eigenvalue weighted by Crippen LogP contribution is -2.44. The number of hydrogen-bond acceptors (Lipinski definition) is 4. The van der Waals surface area contributed by atoms with E-state index in [-0.39, 0.29) is 0 Å². The summed E-state index contributed by atoms with van der Waals surface area (Å²) in [5.41, 5.74) is 1.45. The summed E-state index contributed by atoms with van der Waals surface area (Å²) in [4.78, 5) is 20.6. The van der Waals surface area contributed by atoms with Gasteiger partial charge in [0.25, 0.3) is 0 Å². The fraction of sp³-hybridized carbons (Fsp3) is 0.400. The number of nitrogens with one attached hydrogen (secondary N) is 1. The molecule has 0 saturated heterocycles. The number of hydrogen-bond donors (Lipinski definition) is 2. The van der Waals surface area contributed by atoms with Crippen molar-refractivity contribution in [2.24, 2.45) is 0 Å². The van der Waals surface area contributed by atoms with Gasteiger partial charge in [-0.2, -0.15) is 0 Å². The molecule has 5 nitrogen and oxygen atoms in total. The molecule has 0 unspecified atom stereocenters. The van der Waals surface area contributed by atoms with Crippen LogP contribution >= 0.6 is 0 Å². The fourth-order valence-electron chi connectivity index (χ4n) is 2.80. The summed E-state index contributed by atoms with van der Waals surface area (Å²) in [5.74, 6) is -0.225. The summed E-state index contributed by atoms with van der Waals surface area (Å²) in [6.45, 7) is 1.85. The molecule has 0 atom stereocenters. The van der Waals surface area contributed by atoms with E-state index in [0.29, 0.717) is 18.7 Å². The van der Waals surface area contributed by atoms with Gasteiger partial charge in [0.15, 0.2) is 0 Å². The SMILES string of the molecule is Cc1nc2ccccc2nc1NC1(C(=O)O)CCCC1. The van der Waals surface area contributed by atoms with E-state index in [1.54, 1.807) is 0 Å². The molecule has 1 aromatic heterocycles. The summed E-state index contributed by atoms with van der Waals surface area (Å²) in [6.07, 6.45) is 3.13. The molecule has 2 aromatic rings. The van der Waals surface area contributed by atoms with E-state index in [0.717, 1.165) is 29.6 Å². The van der Waals surface area contributed by atoms with Crippen molar-refractivity contribution in [2.75, 3.05) is 5.32 Å². The molecule has 0 bridgehead atoms. The van der Waals surface area contributed by atoms with E-state index >= 15 is 0 Å². The van der Waals surface area contributed by atoms with Crippen molar-refractivity contribution in [3.05, 3.63) is 30.0 Å². The first-order valence-electron chi connectivity index (χ1n) is 6.86. The molecule has 1 fully saturated rings. The number of carboxylic acid groups (broad SMARTS) is 1. The Morgan fingerprint density at radius 1 is 1.20 bits per heavy atom. The molecule has 1 heterocycles. The van der Waals surface area contributed by atoms with E-state index in [4.69, 9.17) is 0 Å². The maximum Gasteiger partial charge on any atom is 0.329 e. The van der Waals surface area contributed by atoms with Crippen molar-refractivity contribution in [3.8, 4) is 0 Å². The van der Waals surface area contributed by atoms with Gasteiger partial charge in [-0.05, 0) is 31.9 Å². The Balaban J connectivity index is 2.01. The van der Waals surface area contributed by atoms with Gasteiger partial charge in [-0.1, -0.05) is 25.0 Å². The van der Waals surface area contributed by atoms with Gasteiger partial charge >= 0.3 is 5.97 Å². The average Bonchev–Trinajstić information content (AvgIpc) is 2.89. The van der Waals surface area contributed by atoms with Crippen LogP contribution in [0.4, 0.5) is 5.82 Å². The topological polar surface area (TPSA) is 75.1 Å². The Labute approximate surface area is 117 Å². The monoisotopic (exact) mass is 271 g/mol. The van der Waals surface area contributed by atoms with E-state index < -0.39 is 11.5 Å². The van der Waals surface area contributed by atoms with E-state index in [9.17, 15) is 9.90 Å². The highest BCUT2D eigenvalue weighted by Crippen LogP contribution is 2.33. The smallest absolute Gasteiger partial charge is 0.329 e. The lowest BCUT2D eigenvalue weighted by molar-refractivity contribution is -0.142. The number of aromatic nitrogens is 2. The molecular formula is C15H17N3O2. The highest BCUT2D eigenvalue weighted by atomic mass is 16.4. The van der Waals surface area contributed by atoms with Crippen LogP contribution in [0.2, 0.25) is 0 Å². The molecule has 5 heteroatoms. The van der Waals surface area contributed by atoms with Gasteiger partial charge in [0, 0.05) is 0 Å². The zero-order valence-corrected chi connectivity index (χ0v) is 11.4. The first kappa shape index (κ1) is 12.8. The third-order valence-corrected chi connectivity index (χ3v) is 3.97. The molecule has 2 N–H and O–H groups in total. The van der Waals surface area contributed by atoms with E-state index in [1.165, 1.54) is 0 Å². The minimum absolute atomic E-state index is 0.577. The van der Waals surface area contributed by atoms with Crippen LogP contribution in [0.3, 0.4) is 0 Å². The lowest BCUT2D eigenvalue weighted by Gasteiger charge is -2.26. The second-order valence-electron chi connectivity index (χ2n) is 5.37. The molecule has 3 rings (SSSR count). The number of rotatable bonds is 3. The quantitative estimate of drug-likeness (QED) is 0.897. The van der Waals surface area contributed by atoms with Crippen LogP contribution in [0.15, 0.2) is 24.3 Å².